The fraction of sp³-hybridized carbons (Fsp3) is 0.333. The molecule has 3 N–H and O–H groups in total. The Morgan fingerprint density at radius 2 is 2.07 bits per heavy atom. The Morgan fingerprint density at radius 3 is 2.53 bits per heavy atom. The predicted octanol–water partition coefficient (Wildman–Crippen LogP) is 1.68. The van der Waals surface area contributed by atoms with Crippen molar-refractivity contribution in [1.29, 1.82) is 0 Å². The number of ether oxygens (including phenoxy) is 1. The molecule has 0 unspecified atom stereocenters. The summed E-state index contributed by atoms with van der Waals surface area (Å²) in [5.74, 6) is 5.43. The molecule has 3 nitrogen and oxygen atoms in total. The van der Waals surface area contributed by atoms with Crippen molar-refractivity contribution in [2.45, 2.75) is 12.7 Å². The fourth-order valence-electron chi connectivity index (χ4n) is 1.20. The topological polar surface area (TPSA) is 47.3 Å². The van der Waals surface area contributed by atoms with Gasteiger partial charge in [-0.15, -0.1) is 0 Å². The van der Waals surface area contributed by atoms with Crippen molar-refractivity contribution in [2.75, 3.05) is 7.11 Å². The number of methoxy groups -OCH3 is 1. The summed E-state index contributed by atoms with van der Waals surface area (Å²) in [5.41, 5.74) is 1.95. The van der Waals surface area contributed by atoms with Gasteiger partial charge >= 0.3 is 6.18 Å². The van der Waals surface area contributed by atoms with E-state index in [1.54, 1.807) is 0 Å². The lowest BCUT2D eigenvalue weighted by Crippen LogP contribution is -2.21. The van der Waals surface area contributed by atoms with Gasteiger partial charge in [0.05, 0.1) is 12.7 Å². The van der Waals surface area contributed by atoms with Gasteiger partial charge in [0.25, 0.3) is 0 Å². The highest BCUT2D eigenvalue weighted by molar-refractivity contribution is 5.38. The van der Waals surface area contributed by atoms with E-state index in [2.05, 4.69) is 5.43 Å². The molecular weight excluding hydrogens is 209 g/mol. The molecule has 0 radical (unpaired) electrons. The normalized spacial score (nSPS) is 11.5. The van der Waals surface area contributed by atoms with Crippen LogP contribution < -0.4 is 16.0 Å². The van der Waals surface area contributed by atoms with E-state index < -0.39 is 11.7 Å². The molecule has 0 atom stereocenters. The number of rotatable bonds is 3. The van der Waals surface area contributed by atoms with E-state index in [4.69, 9.17) is 10.6 Å². The summed E-state index contributed by atoms with van der Waals surface area (Å²) in [5, 5.41) is 0. The zero-order chi connectivity index (χ0) is 11.5. The smallest absolute Gasteiger partial charge is 0.416 e. The van der Waals surface area contributed by atoms with Crippen LogP contribution in [0, 0.1) is 0 Å². The number of benzene rings is 1. The van der Waals surface area contributed by atoms with Crippen LogP contribution in [0.3, 0.4) is 0 Å². The molecule has 0 heterocycles. The van der Waals surface area contributed by atoms with Crippen molar-refractivity contribution in [3.63, 3.8) is 0 Å². The number of alkyl halides is 3. The molecule has 0 saturated heterocycles. The van der Waals surface area contributed by atoms with Gasteiger partial charge in [-0.05, 0) is 18.2 Å². The summed E-state index contributed by atoms with van der Waals surface area (Å²) in [6, 6.07) is 3.26. The van der Waals surface area contributed by atoms with Crippen LogP contribution in [0.4, 0.5) is 13.2 Å². The second-order valence-corrected chi connectivity index (χ2v) is 2.91. The van der Waals surface area contributed by atoms with Crippen molar-refractivity contribution in [3.05, 3.63) is 29.3 Å². The van der Waals surface area contributed by atoms with E-state index in [0.29, 0.717) is 11.3 Å². The number of nitrogens with two attached hydrogens (primary N) is 1. The van der Waals surface area contributed by atoms with Gasteiger partial charge in [-0.2, -0.15) is 13.2 Å². The Kier molecular flexibility index (Phi) is 3.54. The highest BCUT2D eigenvalue weighted by Gasteiger charge is 2.30. The number of hydrogen-bond acceptors (Lipinski definition) is 3. The summed E-state index contributed by atoms with van der Waals surface area (Å²) in [4.78, 5) is 0. The highest BCUT2D eigenvalue weighted by Crippen LogP contribution is 2.32. The zero-order valence-corrected chi connectivity index (χ0v) is 8.06. The molecule has 15 heavy (non-hydrogen) atoms. The molecule has 0 aromatic heterocycles. The molecule has 84 valence electrons. The Hall–Kier alpha value is -1.27. The van der Waals surface area contributed by atoms with Crippen LogP contribution in [0.2, 0.25) is 0 Å². The second kappa shape index (κ2) is 4.50. The van der Waals surface area contributed by atoms with Gasteiger partial charge in [-0.3, -0.25) is 11.3 Å². The fourth-order valence-corrected chi connectivity index (χ4v) is 1.20. The summed E-state index contributed by atoms with van der Waals surface area (Å²) >= 11 is 0. The molecule has 1 aromatic rings. The Bertz CT molecular complexity index is 339. The van der Waals surface area contributed by atoms with E-state index in [0.717, 1.165) is 12.1 Å². The Balaban J connectivity index is 3.10. The summed E-state index contributed by atoms with van der Waals surface area (Å²) in [7, 11) is 1.39. The molecule has 0 spiro atoms. The number of halogens is 3. The third kappa shape index (κ3) is 2.84. The Morgan fingerprint density at radius 1 is 1.40 bits per heavy atom. The minimum atomic E-state index is -4.35. The Labute approximate surface area is 85.0 Å². The third-order valence-corrected chi connectivity index (χ3v) is 1.90. The monoisotopic (exact) mass is 220 g/mol. The molecule has 0 amide bonds. The molecule has 0 aliphatic heterocycles. The summed E-state index contributed by atoms with van der Waals surface area (Å²) < 4.78 is 42.0. The van der Waals surface area contributed by atoms with Gasteiger partial charge in [0, 0.05) is 12.1 Å². The lowest BCUT2D eigenvalue weighted by atomic mass is 10.1. The first-order valence-corrected chi connectivity index (χ1v) is 4.16. The average molecular weight is 220 g/mol. The van der Waals surface area contributed by atoms with Crippen LogP contribution in [0.15, 0.2) is 18.2 Å². The molecule has 0 fully saturated rings. The first-order chi connectivity index (χ1) is 6.99. The van der Waals surface area contributed by atoms with Crippen LogP contribution in [0.25, 0.3) is 0 Å². The number of hydrazine groups is 1. The van der Waals surface area contributed by atoms with E-state index in [-0.39, 0.29) is 6.54 Å². The number of hydrogen-bond donors (Lipinski definition) is 2. The van der Waals surface area contributed by atoms with Gasteiger partial charge in [0.2, 0.25) is 0 Å². The third-order valence-electron chi connectivity index (χ3n) is 1.90. The standard InChI is InChI=1S/C9H11F3N2O/c1-15-8-3-2-7(9(10,11)12)4-6(8)5-14-13/h2-4,14H,5,13H2,1H3. The van der Waals surface area contributed by atoms with Crippen molar-refractivity contribution < 1.29 is 17.9 Å². The molecule has 0 bridgehead atoms. The minimum Gasteiger partial charge on any atom is -0.496 e. The molecule has 1 rings (SSSR count). The van der Waals surface area contributed by atoms with Crippen LogP contribution in [-0.4, -0.2) is 7.11 Å². The van der Waals surface area contributed by atoms with Crippen molar-refractivity contribution in [3.8, 4) is 5.75 Å². The van der Waals surface area contributed by atoms with E-state index in [9.17, 15) is 13.2 Å². The summed E-state index contributed by atoms with van der Waals surface area (Å²) in [6.45, 7) is 0.118. The lowest BCUT2D eigenvalue weighted by molar-refractivity contribution is -0.137. The largest absolute Gasteiger partial charge is 0.496 e. The minimum absolute atomic E-state index is 0.118. The zero-order valence-electron chi connectivity index (χ0n) is 8.06. The second-order valence-electron chi connectivity index (χ2n) is 2.91. The van der Waals surface area contributed by atoms with Crippen LogP contribution >= 0.6 is 0 Å². The van der Waals surface area contributed by atoms with Gasteiger partial charge in [0.15, 0.2) is 0 Å². The molecule has 1 aromatic carbocycles. The maximum absolute atomic E-state index is 12.4. The lowest BCUT2D eigenvalue weighted by Gasteiger charge is -2.12. The first-order valence-electron chi connectivity index (χ1n) is 4.16. The predicted molar refractivity (Wildman–Crippen MR) is 49.0 cm³/mol. The maximum atomic E-state index is 12.4. The van der Waals surface area contributed by atoms with E-state index >= 15 is 0 Å². The summed E-state index contributed by atoms with van der Waals surface area (Å²) in [6.07, 6.45) is -4.35. The van der Waals surface area contributed by atoms with Gasteiger partial charge < -0.3 is 4.74 Å². The van der Waals surface area contributed by atoms with E-state index in [1.165, 1.54) is 13.2 Å². The SMILES string of the molecule is COc1ccc(C(F)(F)F)cc1CNN. The highest BCUT2D eigenvalue weighted by atomic mass is 19.4. The molecule has 0 aliphatic rings. The van der Waals surface area contributed by atoms with Gasteiger partial charge in [-0.1, -0.05) is 0 Å². The van der Waals surface area contributed by atoms with Crippen molar-refractivity contribution >= 4 is 0 Å². The van der Waals surface area contributed by atoms with Gasteiger partial charge in [0.1, 0.15) is 5.75 Å². The molecule has 0 saturated carbocycles. The van der Waals surface area contributed by atoms with E-state index in [1.807, 2.05) is 0 Å². The maximum Gasteiger partial charge on any atom is 0.416 e. The molecular formula is C9H11F3N2O. The van der Waals surface area contributed by atoms with Crippen LogP contribution in [-0.2, 0) is 12.7 Å². The molecule has 0 aliphatic carbocycles. The van der Waals surface area contributed by atoms with Crippen LogP contribution in [0.5, 0.6) is 5.75 Å². The van der Waals surface area contributed by atoms with Crippen LogP contribution in [0.1, 0.15) is 11.1 Å². The average Bonchev–Trinajstić information content (AvgIpc) is 2.17. The molecule has 6 heteroatoms. The number of nitrogens with one attached hydrogen (secondary N) is 1. The first kappa shape index (κ1) is 11.8. The van der Waals surface area contributed by atoms with Crippen molar-refractivity contribution in [1.82, 2.24) is 5.43 Å². The quantitative estimate of drug-likeness (QED) is 0.601. The van der Waals surface area contributed by atoms with Gasteiger partial charge in [-0.25, -0.2) is 0 Å². The van der Waals surface area contributed by atoms with Crippen molar-refractivity contribution in [2.24, 2.45) is 5.84 Å².